The normalized spacial score (nSPS) is 10.2. The fraction of sp³-hybridized carbons (Fsp3) is 0.0909. The first kappa shape index (κ1) is 8.61. The second-order valence-electron chi connectivity index (χ2n) is 2.82. The first-order valence-electron chi connectivity index (χ1n) is 4.05. The van der Waals surface area contributed by atoms with Gasteiger partial charge in [0.15, 0.2) is 0 Å². The van der Waals surface area contributed by atoms with Crippen molar-refractivity contribution < 1.29 is 4.74 Å². The molecule has 0 aliphatic heterocycles. The van der Waals surface area contributed by atoms with Gasteiger partial charge in [-0.3, -0.25) is 0 Å². The van der Waals surface area contributed by atoms with Gasteiger partial charge in [0.25, 0.3) is 0 Å². The number of hydrogen-bond donors (Lipinski definition) is 0. The van der Waals surface area contributed by atoms with Crippen LogP contribution in [0.15, 0.2) is 36.4 Å². The molecule has 0 N–H and O–H groups in total. The molecule has 0 saturated heterocycles. The molecule has 0 aliphatic rings. The Morgan fingerprint density at radius 2 is 1.85 bits per heavy atom. The maximum atomic E-state index is 5.22. The minimum absolute atomic E-state index is 0.902. The Labute approximate surface area is 85.5 Å². The van der Waals surface area contributed by atoms with Crippen LogP contribution in [0.2, 0.25) is 0 Å². The molecule has 0 aromatic heterocycles. The van der Waals surface area contributed by atoms with E-state index in [0.717, 1.165) is 10.2 Å². The molecule has 1 nitrogen and oxygen atoms in total. The van der Waals surface area contributed by atoms with E-state index in [1.807, 2.05) is 18.2 Å². The van der Waals surface area contributed by atoms with Gasteiger partial charge in [-0.1, -0.05) is 0 Å². The topological polar surface area (TPSA) is 9.23 Å². The van der Waals surface area contributed by atoms with Crippen molar-refractivity contribution in [1.29, 1.82) is 0 Å². The first-order chi connectivity index (χ1) is 6.33. The summed E-state index contributed by atoms with van der Waals surface area (Å²) in [5, 5.41) is 2.44. The number of hydrogen-bond acceptors (Lipinski definition) is 1. The Bertz CT molecular complexity index is 437. The van der Waals surface area contributed by atoms with Crippen LogP contribution in [0.5, 0.6) is 5.75 Å². The molecule has 0 aliphatic carbocycles. The van der Waals surface area contributed by atoms with E-state index < -0.39 is 0 Å². The van der Waals surface area contributed by atoms with Gasteiger partial charge in [0, 0.05) is 0 Å². The van der Waals surface area contributed by atoms with Crippen LogP contribution in [0.3, 0.4) is 0 Å². The summed E-state index contributed by atoms with van der Waals surface area (Å²) in [7, 11) is 1.69. The molecule has 2 heteroatoms. The van der Waals surface area contributed by atoms with Crippen LogP contribution in [0.4, 0.5) is 0 Å². The zero-order valence-corrected chi connectivity index (χ0v) is 8.99. The van der Waals surface area contributed by atoms with E-state index in [0.29, 0.717) is 0 Å². The van der Waals surface area contributed by atoms with Gasteiger partial charge < -0.3 is 0 Å². The predicted molar refractivity (Wildman–Crippen MR) is 55.9 cm³/mol. The van der Waals surface area contributed by atoms with Gasteiger partial charge in [-0.25, -0.2) is 0 Å². The van der Waals surface area contributed by atoms with Crippen LogP contribution < -0.4 is 9.20 Å². The summed E-state index contributed by atoms with van der Waals surface area (Å²) >= 11 is 3.04. The van der Waals surface area contributed by atoms with Crippen LogP contribution in [0.25, 0.3) is 10.8 Å². The molecular formula is C11H9OSe. The van der Waals surface area contributed by atoms with Crippen LogP contribution in [-0.2, 0) is 0 Å². The van der Waals surface area contributed by atoms with Crippen molar-refractivity contribution >= 4 is 31.2 Å². The summed E-state index contributed by atoms with van der Waals surface area (Å²) in [6.07, 6.45) is 0. The quantitative estimate of drug-likeness (QED) is 0.684. The summed E-state index contributed by atoms with van der Waals surface area (Å²) in [6, 6.07) is 12.3. The molecule has 0 spiro atoms. The zero-order chi connectivity index (χ0) is 9.26. The fourth-order valence-electron chi connectivity index (χ4n) is 1.38. The van der Waals surface area contributed by atoms with E-state index in [4.69, 9.17) is 4.74 Å². The molecule has 0 heterocycles. The minimum atomic E-state index is 0.902. The molecule has 2 aromatic carbocycles. The monoisotopic (exact) mass is 237 g/mol. The van der Waals surface area contributed by atoms with Crippen molar-refractivity contribution in [3.05, 3.63) is 36.4 Å². The second-order valence-corrected chi connectivity index (χ2v) is 3.67. The van der Waals surface area contributed by atoms with Crippen LogP contribution in [0, 0.1) is 0 Å². The molecule has 1 radical (unpaired) electrons. The molecule has 0 atom stereocenters. The Kier molecular flexibility index (Phi) is 2.26. The fourth-order valence-corrected chi connectivity index (χ4v) is 2.09. The zero-order valence-electron chi connectivity index (χ0n) is 7.28. The van der Waals surface area contributed by atoms with Gasteiger partial charge in [0.1, 0.15) is 0 Å². The van der Waals surface area contributed by atoms with Gasteiger partial charge in [-0.05, 0) is 0 Å². The van der Waals surface area contributed by atoms with E-state index in [1.165, 1.54) is 10.8 Å². The molecule has 0 bridgehead atoms. The molecule has 0 unspecified atom stereocenters. The van der Waals surface area contributed by atoms with E-state index in [9.17, 15) is 0 Å². The Morgan fingerprint density at radius 1 is 1.08 bits per heavy atom. The second kappa shape index (κ2) is 3.41. The predicted octanol–water partition coefficient (Wildman–Crippen LogP) is 1.64. The third-order valence-electron chi connectivity index (χ3n) is 2.06. The van der Waals surface area contributed by atoms with Crippen molar-refractivity contribution in [2.24, 2.45) is 0 Å². The SMILES string of the molecule is COc1ccc2ccccc2c1[Se]. The molecule has 0 fully saturated rings. The van der Waals surface area contributed by atoms with Gasteiger partial charge in [-0.15, -0.1) is 0 Å². The summed E-state index contributed by atoms with van der Waals surface area (Å²) in [5.74, 6) is 0.902. The Hall–Kier alpha value is -0.981. The van der Waals surface area contributed by atoms with Gasteiger partial charge in [-0.2, -0.15) is 0 Å². The van der Waals surface area contributed by atoms with Crippen LogP contribution in [-0.4, -0.2) is 23.1 Å². The number of methoxy groups -OCH3 is 1. The molecule has 0 saturated carbocycles. The van der Waals surface area contributed by atoms with Crippen molar-refractivity contribution in [3.8, 4) is 5.75 Å². The number of benzene rings is 2. The molecule has 13 heavy (non-hydrogen) atoms. The van der Waals surface area contributed by atoms with Crippen molar-refractivity contribution in [2.45, 2.75) is 0 Å². The molecule has 65 valence electrons. The van der Waals surface area contributed by atoms with Gasteiger partial charge in [0.2, 0.25) is 0 Å². The summed E-state index contributed by atoms with van der Waals surface area (Å²) in [4.78, 5) is 0. The third kappa shape index (κ3) is 1.43. The molecule has 2 rings (SSSR count). The number of fused-ring (bicyclic) bond motifs is 1. The van der Waals surface area contributed by atoms with Crippen molar-refractivity contribution in [3.63, 3.8) is 0 Å². The van der Waals surface area contributed by atoms with E-state index in [-0.39, 0.29) is 0 Å². The van der Waals surface area contributed by atoms with Crippen LogP contribution in [0.1, 0.15) is 0 Å². The maximum absolute atomic E-state index is 5.22. The van der Waals surface area contributed by atoms with Crippen molar-refractivity contribution in [2.75, 3.05) is 7.11 Å². The molecule has 0 amide bonds. The van der Waals surface area contributed by atoms with Crippen molar-refractivity contribution in [1.82, 2.24) is 0 Å². The standard InChI is InChI=1S/C11H9OSe/c1-12-10-7-6-8-4-2-3-5-9(8)11(10)13/h2-7H,1H3. The Balaban J connectivity index is 2.79. The number of rotatable bonds is 1. The van der Waals surface area contributed by atoms with E-state index in [2.05, 4.69) is 34.2 Å². The molecular weight excluding hydrogens is 227 g/mol. The summed E-state index contributed by atoms with van der Waals surface area (Å²) < 4.78 is 6.31. The average molecular weight is 236 g/mol. The average Bonchev–Trinajstić information content (AvgIpc) is 2.19. The Morgan fingerprint density at radius 3 is 2.62 bits per heavy atom. The van der Waals surface area contributed by atoms with Gasteiger partial charge in [0.05, 0.1) is 0 Å². The third-order valence-corrected chi connectivity index (χ3v) is 2.95. The van der Waals surface area contributed by atoms with Gasteiger partial charge >= 0.3 is 85.2 Å². The molecule has 2 aromatic rings. The summed E-state index contributed by atoms with van der Waals surface area (Å²) in [6.45, 7) is 0. The first-order valence-corrected chi connectivity index (χ1v) is 4.91. The number of ether oxygens (including phenoxy) is 1. The van der Waals surface area contributed by atoms with Crippen LogP contribution >= 0.6 is 0 Å². The van der Waals surface area contributed by atoms with E-state index >= 15 is 0 Å². The summed E-state index contributed by atoms with van der Waals surface area (Å²) in [5.41, 5.74) is 0. The van der Waals surface area contributed by atoms with E-state index in [1.54, 1.807) is 7.11 Å².